The molecule has 1 atom stereocenters. The van der Waals surface area contributed by atoms with Crippen LogP contribution in [0.1, 0.15) is 27.5 Å². The molecular weight excluding hydrogens is 392 g/mol. The molecule has 0 bridgehead atoms. The zero-order valence-electron chi connectivity index (χ0n) is 17.9. The number of benzene rings is 3. The number of rotatable bonds is 8. The number of hydrogen-bond donors (Lipinski definition) is 1. The van der Waals surface area contributed by atoms with Gasteiger partial charge in [0.15, 0.2) is 6.61 Å². The van der Waals surface area contributed by atoms with Gasteiger partial charge in [-0.3, -0.25) is 4.79 Å². The quantitative estimate of drug-likeness (QED) is 0.563. The Morgan fingerprint density at radius 2 is 1.58 bits per heavy atom. The van der Waals surface area contributed by atoms with Crippen molar-refractivity contribution in [3.05, 3.63) is 95.6 Å². The molecule has 0 aliphatic heterocycles. The lowest BCUT2D eigenvalue weighted by Crippen LogP contribution is -2.33. The summed E-state index contributed by atoms with van der Waals surface area (Å²) in [7, 11) is 5.38. The molecule has 0 aliphatic carbocycles. The number of methoxy groups -OCH3 is 1. The number of ether oxygens (including phenoxy) is 2. The average Bonchev–Trinajstić information content (AvgIpc) is 2.81. The van der Waals surface area contributed by atoms with Gasteiger partial charge < -0.3 is 19.7 Å². The number of carbonyl (C=O) groups excluding carboxylic acids is 2. The molecule has 3 rings (SSSR count). The first kappa shape index (κ1) is 21.9. The highest BCUT2D eigenvalue weighted by molar-refractivity contribution is 5.92. The lowest BCUT2D eigenvalue weighted by molar-refractivity contribution is -0.124. The molecule has 3 aromatic rings. The van der Waals surface area contributed by atoms with Crippen molar-refractivity contribution in [2.75, 3.05) is 32.7 Å². The van der Waals surface area contributed by atoms with Crippen LogP contribution in [0.15, 0.2) is 78.9 Å². The molecule has 0 aromatic heterocycles. The molecule has 0 radical (unpaired) electrons. The topological polar surface area (TPSA) is 67.9 Å². The second-order valence-electron chi connectivity index (χ2n) is 7.21. The van der Waals surface area contributed by atoms with Crippen LogP contribution in [0.5, 0.6) is 5.75 Å². The molecule has 0 heterocycles. The molecule has 1 amide bonds. The first-order chi connectivity index (χ1) is 15.0. The largest absolute Gasteiger partial charge is 0.497 e. The molecule has 0 spiro atoms. The predicted molar refractivity (Wildman–Crippen MR) is 120 cm³/mol. The smallest absolute Gasteiger partial charge is 0.338 e. The molecule has 160 valence electrons. The molecule has 0 fully saturated rings. The highest BCUT2D eigenvalue weighted by atomic mass is 16.5. The molecule has 0 unspecified atom stereocenters. The molecule has 1 N–H and O–H groups in total. The molecular formula is C25H26N2O4. The summed E-state index contributed by atoms with van der Waals surface area (Å²) in [4.78, 5) is 26.9. The fourth-order valence-corrected chi connectivity index (χ4v) is 3.13. The summed E-state index contributed by atoms with van der Waals surface area (Å²) < 4.78 is 10.5. The third-order valence-electron chi connectivity index (χ3n) is 4.82. The molecule has 0 saturated carbocycles. The zero-order valence-corrected chi connectivity index (χ0v) is 17.9. The number of esters is 1. The van der Waals surface area contributed by atoms with E-state index in [-0.39, 0.29) is 18.6 Å². The minimum Gasteiger partial charge on any atom is -0.497 e. The van der Waals surface area contributed by atoms with E-state index in [1.54, 1.807) is 25.3 Å². The van der Waals surface area contributed by atoms with Crippen molar-refractivity contribution in [3.63, 3.8) is 0 Å². The minimum atomic E-state index is -0.542. The van der Waals surface area contributed by atoms with Gasteiger partial charge in [0.2, 0.25) is 0 Å². The SMILES string of the molecule is COc1ccc([C@@H](NC(=O)COC(=O)c2cccc(N(C)C)c2)c2ccccc2)cc1. The summed E-state index contributed by atoms with van der Waals surface area (Å²) >= 11 is 0. The summed E-state index contributed by atoms with van der Waals surface area (Å²) in [5, 5.41) is 2.96. The molecule has 0 aliphatic rings. The van der Waals surface area contributed by atoms with Crippen molar-refractivity contribution in [1.82, 2.24) is 5.32 Å². The van der Waals surface area contributed by atoms with Crippen molar-refractivity contribution in [3.8, 4) is 5.75 Å². The maximum absolute atomic E-state index is 12.6. The minimum absolute atomic E-state index is 0.371. The first-order valence-electron chi connectivity index (χ1n) is 9.90. The fraction of sp³-hybridized carbons (Fsp3) is 0.200. The van der Waals surface area contributed by atoms with Crippen LogP contribution < -0.4 is 15.0 Å². The lowest BCUT2D eigenvalue weighted by atomic mass is 9.98. The van der Waals surface area contributed by atoms with Crippen molar-refractivity contribution in [2.24, 2.45) is 0 Å². The van der Waals surface area contributed by atoms with Crippen LogP contribution in [0.25, 0.3) is 0 Å². The predicted octanol–water partition coefficient (Wildman–Crippen LogP) is 3.82. The molecule has 0 saturated heterocycles. The van der Waals surface area contributed by atoms with Crippen molar-refractivity contribution in [2.45, 2.75) is 6.04 Å². The maximum Gasteiger partial charge on any atom is 0.338 e. The number of hydrogen-bond acceptors (Lipinski definition) is 5. The van der Waals surface area contributed by atoms with Crippen LogP contribution in [0.2, 0.25) is 0 Å². The summed E-state index contributed by atoms with van der Waals surface area (Å²) in [5.74, 6) is -0.197. The van der Waals surface area contributed by atoms with Crippen molar-refractivity contribution < 1.29 is 19.1 Å². The average molecular weight is 418 g/mol. The zero-order chi connectivity index (χ0) is 22.2. The number of nitrogens with zero attached hydrogens (tertiary/aromatic N) is 1. The summed E-state index contributed by atoms with van der Waals surface area (Å²) in [5.41, 5.74) is 3.09. The van der Waals surface area contributed by atoms with Gasteiger partial charge in [-0.15, -0.1) is 0 Å². The molecule has 3 aromatic carbocycles. The second-order valence-corrected chi connectivity index (χ2v) is 7.21. The monoisotopic (exact) mass is 418 g/mol. The van der Waals surface area contributed by atoms with Crippen LogP contribution in [-0.4, -0.2) is 39.7 Å². The summed E-state index contributed by atoms with van der Waals surface area (Å²) in [6.45, 7) is -0.371. The standard InChI is InChI=1S/C25H26N2O4/c1-27(2)21-11-7-10-20(16-21)25(29)31-17-23(28)26-24(18-8-5-4-6-9-18)19-12-14-22(30-3)15-13-19/h4-16,24H,17H2,1-3H3,(H,26,28)/t24-/m0/s1. The van der Waals surface area contributed by atoms with Gasteiger partial charge in [-0.05, 0) is 41.5 Å². The van der Waals surface area contributed by atoms with Crippen LogP contribution in [0.3, 0.4) is 0 Å². The van der Waals surface area contributed by atoms with Gasteiger partial charge in [0.25, 0.3) is 5.91 Å². The van der Waals surface area contributed by atoms with E-state index >= 15 is 0 Å². The van der Waals surface area contributed by atoms with E-state index in [9.17, 15) is 9.59 Å². The van der Waals surface area contributed by atoms with E-state index in [1.165, 1.54) is 0 Å². The van der Waals surface area contributed by atoms with Gasteiger partial charge in [0.05, 0.1) is 18.7 Å². The highest BCUT2D eigenvalue weighted by Gasteiger charge is 2.18. The van der Waals surface area contributed by atoms with Crippen molar-refractivity contribution in [1.29, 1.82) is 0 Å². The van der Waals surface area contributed by atoms with Gasteiger partial charge in [-0.25, -0.2) is 4.79 Å². The van der Waals surface area contributed by atoms with Crippen LogP contribution in [-0.2, 0) is 9.53 Å². The Morgan fingerprint density at radius 3 is 2.23 bits per heavy atom. The van der Waals surface area contributed by atoms with E-state index in [1.807, 2.05) is 79.7 Å². The molecule has 6 nitrogen and oxygen atoms in total. The van der Waals surface area contributed by atoms with Crippen LogP contribution in [0, 0.1) is 0 Å². The summed E-state index contributed by atoms with van der Waals surface area (Å²) in [6, 6.07) is 23.8. The fourth-order valence-electron chi connectivity index (χ4n) is 3.13. The molecule has 31 heavy (non-hydrogen) atoms. The van der Waals surface area contributed by atoms with Gasteiger partial charge >= 0.3 is 5.97 Å². The Labute approximate surface area is 182 Å². The van der Waals surface area contributed by atoms with Crippen LogP contribution in [0.4, 0.5) is 5.69 Å². The highest BCUT2D eigenvalue weighted by Crippen LogP contribution is 2.24. The van der Waals surface area contributed by atoms with Crippen LogP contribution >= 0.6 is 0 Å². The normalized spacial score (nSPS) is 11.3. The Balaban J connectivity index is 1.69. The Morgan fingerprint density at radius 1 is 0.903 bits per heavy atom. The van der Waals surface area contributed by atoms with E-state index in [4.69, 9.17) is 9.47 Å². The van der Waals surface area contributed by atoms with E-state index in [0.717, 1.165) is 22.6 Å². The Kier molecular flexibility index (Phi) is 7.27. The first-order valence-corrected chi connectivity index (χ1v) is 9.90. The number of nitrogens with one attached hydrogen (secondary N) is 1. The van der Waals surface area contributed by atoms with Gasteiger partial charge in [0, 0.05) is 19.8 Å². The Hall–Kier alpha value is -3.80. The second kappa shape index (κ2) is 10.3. The van der Waals surface area contributed by atoms with E-state index in [0.29, 0.717) is 5.56 Å². The van der Waals surface area contributed by atoms with Gasteiger partial charge in [-0.1, -0.05) is 48.5 Å². The van der Waals surface area contributed by atoms with Gasteiger partial charge in [0.1, 0.15) is 5.75 Å². The van der Waals surface area contributed by atoms with Gasteiger partial charge in [-0.2, -0.15) is 0 Å². The maximum atomic E-state index is 12.6. The Bertz CT molecular complexity index is 1020. The van der Waals surface area contributed by atoms with Crippen molar-refractivity contribution >= 4 is 17.6 Å². The van der Waals surface area contributed by atoms with E-state index < -0.39 is 5.97 Å². The third kappa shape index (κ3) is 5.85. The third-order valence-corrected chi connectivity index (χ3v) is 4.82. The number of amides is 1. The molecule has 6 heteroatoms. The number of carbonyl (C=O) groups is 2. The lowest BCUT2D eigenvalue weighted by Gasteiger charge is -2.20. The van der Waals surface area contributed by atoms with E-state index in [2.05, 4.69) is 5.32 Å². The summed E-state index contributed by atoms with van der Waals surface area (Å²) in [6.07, 6.45) is 0. The number of anilines is 1.